The van der Waals surface area contributed by atoms with E-state index in [0.29, 0.717) is 0 Å². The molecule has 2 aromatic rings. The van der Waals surface area contributed by atoms with Crippen LogP contribution in [-0.4, -0.2) is 0 Å². The zero-order valence-electron chi connectivity index (χ0n) is 11.9. The van der Waals surface area contributed by atoms with E-state index in [0.717, 1.165) is 5.57 Å². The molecule has 0 saturated carbocycles. The molecule has 1 aliphatic rings. The van der Waals surface area contributed by atoms with Crippen LogP contribution in [0.4, 0.5) is 0 Å². The molecule has 0 aliphatic heterocycles. The van der Waals surface area contributed by atoms with Crippen molar-refractivity contribution in [3.8, 4) is 0 Å². The van der Waals surface area contributed by atoms with Gasteiger partial charge in [0.1, 0.15) is 0 Å². The van der Waals surface area contributed by atoms with Crippen LogP contribution in [0.3, 0.4) is 0 Å². The van der Waals surface area contributed by atoms with Gasteiger partial charge in [0.15, 0.2) is 0 Å². The molecule has 0 atom stereocenters. The van der Waals surface area contributed by atoms with E-state index in [2.05, 4.69) is 74.5 Å². The van der Waals surface area contributed by atoms with Gasteiger partial charge in [-0.05, 0) is 53.3 Å². The maximum Gasteiger partial charge on any atom is -0.00273 e. The Hall–Kier alpha value is -2.34. The molecule has 0 saturated heterocycles. The molecule has 0 bridgehead atoms. The highest BCUT2D eigenvalue weighted by molar-refractivity contribution is 5.87. The Bertz CT molecular complexity index is 666. The lowest BCUT2D eigenvalue weighted by atomic mass is 9.88. The smallest absolute Gasteiger partial charge is 0.00273 e. The molecule has 0 spiro atoms. The first-order chi connectivity index (χ1) is 9.77. The van der Waals surface area contributed by atoms with E-state index in [9.17, 15) is 0 Å². The highest BCUT2D eigenvalue weighted by atomic mass is 14.2. The molecular weight excluding hydrogens is 240 g/mol. The minimum absolute atomic E-state index is 1.16. The normalized spacial score (nSPS) is 13.0. The second kappa shape index (κ2) is 5.34. The van der Waals surface area contributed by atoms with Crippen molar-refractivity contribution in [3.63, 3.8) is 0 Å². The fourth-order valence-electron chi connectivity index (χ4n) is 2.63. The van der Waals surface area contributed by atoms with Crippen molar-refractivity contribution in [2.24, 2.45) is 0 Å². The van der Waals surface area contributed by atoms with Gasteiger partial charge in [0.2, 0.25) is 0 Å². The Morgan fingerprint density at radius 3 is 1.80 bits per heavy atom. The van der Waals surface area contributed by atoms with Gasteiger partial charge in [0.05, 0.1) is 0 Å². The minimum atomic E-state index is 1.16. The maximum atomic E-state index is 3.35. The van der Waals surface area contributed by atoms with Gasteiger partial charge in [-0.3, -0.25) is 0 Å². The SMILES string of the molecule is Cc1ccccc1C(=C1[C]=CC=C1)c1ccccc1C. The summed E-state index contributed by atoms with van der Waals surface area (Å²) < 4.78 is 0. The molecule has 0 fully saturated rings. The molecule has 0 heterocycles. The van der Waals surface area contributed by atoms with Crippen molar-refractivity contribution >= 4 is 5.57 Å². The van der Waals surface area contributed by atoms with E-state index in [1.165, 1.54) is 27.8 Å². The van der Waals surface area contributed by atoms with E-state index >= 15 is 0 Å². The number of hydrogen-bond donors (Lipinski definition) is 0. The molecule has 1 radical (unpaired) electrons. The Morgan fingerprint density at radius 2 is 1.35 bits per heavy atom. The van der Waals surface area contributed by atoms with E-state index in [1.54, 1.807) is 0 Å². The first kappa shape index (κ1) is 12.7. The number of rotatable bonds is 2. The summed E-state index contributed by atoms with van der Waals surface area (Å²) in [5.41, 5.74) is 7.58. The molecule has 2 aromatic carbocycles. The second-order valence-electron chi connectivity index (χ2n) is 5.09. The number of hydrogen-bond acceptors (Lipinski definition) is 0. The summed E-state index contributed by atoms with van der Waals surface area (Å²) in [6.07, 6.45) is 9.51. The lowest BCUT2D eigenvalue weighted by molar-refractivity contribution is 1.36. The van der Waals surface area contributed by atoms with Gasteiger partial charge in [-0.15, -0.1) is 0 Å². The summed E-state index contributed by atoms with van der Waals surface area (Å²) in [5, 5.41) is 0. The van der Waals surface area contributed by atoms with Gasteiger partial charge in [0, 0.05) is 0 Å². The largest absolute Gasteiger partial charge is 0.0620 e. The van der Waals surface area contributed by atoms with Crippen LogP contribution in [0.1, 0.15) is 22.3 Å². The van der Waals surface area contributed by atoms with Crippen molar-refractivity contribution in [1.29, 1.82) is 0 Å². The zero-order valence-corrected chi connectivity index (χ0v) is 11.9. The summed E-state index contributed by atoms with van der Waals surface area (Å²) in [6, 6.07) is 17.1. The van der Waals surface area contributed by atoms with Crippen LogP contribution in [0.5, 0.6) is 0 Å². The third-order valence-corrected chi connectivity index (χ3v) is 3.70. The van der Waals surface area contributed by atoms with Crippen molar-refractivity contribution < 1.29 is 0 Å². The second-order valence-corrected chi connectivity index (χ2v) is 5.09. The number of benzene rings is 2. The lowest BCUT2D eigenvalue weighted by Crippen LogP contribution is -1.96. The predicted octanol–water partition coefficient (Wildman–Crippen LogP) is 5.03. The van der Waals surface area contributed by atoms with Crippen LogP contribution in [0.2, 0.25) is 0 Å². The van der Waals surface area contributed by atoms with Gasteiger partial charge in [-0.1, -0.05) is 66.8 Å². The van der Waals surface area contributed by atoms with E-state index in [1.807, 2.05) is 12.2 Å². The third kappa shape index (κ3) is 2.25. The summed E-state index contributed by atoms with van der Waals surface area (Å²) in [7, 11) is 0. The van der Waals surface area contributed by atoms with Crippen LogP contribution in [0.25, 0.3) is 5.57 Å². The van der Waals surface area contributed by atoms with Gasteiger partial charge in [0.25, 0.3) is 0 Å². The number of aryl methyl sites for hydroxylation is 2. The molecule has 0 heteroatoms. The molecular formula is C20H17. The molecule has 0 N–H and O–H groups in total. The number of allylic oxidation sites excluding steroid dienone is 5. The topological polar surface area (TPSA) is 0 Å². The van der Waals surface area contributed by atoms with Crippen molar-refractivity contribution in [3.05, 3.63) is 101 Å². The molecule has 0 aromatic heterocycles. The van der Waals surface area contributed by atoms with Gasteiger partial charge >= 0.3 is 0 Å². The summed E-state index contributed by atoms with van der Waals surface area (Å²) in [5.74, 6) is 0. The molecule has 20 heavy (non-hydrogen) atoms. The lowest BCUT2D eigenvalue weighted by Gasteiger charge is -2.15. The van der Waals surface area contributed by atoms with Crippen LogP contribution < -0.4 is 0 Å². The Balaban J connectivity index is 2.30. The Kier molecular flexibility index (Phi) is 3.39. The molecule has 0 amide bonds. The quantitative estimate of drug-likeness (QED) is 0.707. The summed E-state index contributed by atoms with van der Waals surface area (Å²) >= 11 is 0. The highest BCUT2D eigenvalue weighted by Crippen LogP contribution is 2.33. The Labute approximate surface area is 120 Å². The van der Waals surface area contributed by atoms with Crippen molar-refractivity contribution in [1.82, 2.24) is 0 Å². The molecule has 3 rings (SSSR count). The molecule has 0 unspecified atom stereocenters. The monoisotopic (exact) mass is 257 g/mol. The maximum absolute atomic E-state index is 3.35. The Morgan fingerprint density at radius 1 is 0.800 bits per heavy atom. The first-order valence-corrected chi connectivity index (χ1v) is 6.90. The third-order valence-electron chi connectivity index (χ3n) is 3.70. The fourth-order valence-corrected chi connectivity index (χ4v) is 2.63. The van der Waals surface area contributed by atoms with Crippen molar-refractivity contribution in [2.75, 3.05) is 0 Å². The van der Waals surface area contributed by atoms with Gasteiger partial charge in [-0.2, -0.15) is 0 Å². The van der Waals surface area contributed by atoms with E-state index in [4.69, 9.17) is 0 Å². The van der Waals surface area contributed by atoms with Crippen LogP contribution in [0, 0.1) is 19.9 Å². The standard InChI is InChI=1S/C20H17/c1-15-9-3-7-13-18(15)20(17-11-5-6-12-17)19-14-8-4-10-16(19)2/h3-11,13-14H,1-2H3. The van der Waals surface area contributed by atoms with Gasteiger partial charge < -0.3 is 0 Å². The zero-order chi connectivity index (χ0) is 13.9. The van der Waals surface area contributed by atoms with Gasteiger partial charge in [-0.25, -0.2) is 0 Å². The summed E-state index contributed by atoms with van der Waals surface area (Å²) in [4.78, 5) is 0. The van der Waals surface area contributed by atoms with E-state index < -0.39 is 0 Å². The average molecular weight is 257 g/mol. The van der Waals surface area contributed by atoms with E-state index in [-0.39, 0.29) is 0 Å². The summed E-state index contributed by atoms with van der Waals surface area (Å²) in [6.45, 7) is 4.33. The van der Waals surface area contributed by atoms with Crippen LogP contribution in [0.15, 0.2) is 72.3 Å². The van der Waals surface area contributed by atoms with Crippen molar-refractivity contribution in [2.45, 2.75) is 13.8 Å². The molecule has 1 aliphatic carbocycles. The van der Waals surface area contributed by atoms with Crippen LogP contribution in [-0.2, 0) is 0 Å². The average Bonchev–Trinajstić information content (AvgIpc) is 2.97. The minimum Gasteiger partial charge on any atom is -0.0620 e. The molecule has 0 nitrogen and oxygen atoms in total. The first-order valence-electron chi connectivity index (χ1n) is 6.90. The van der Waals surface area contributed by atoms with Crippen LogP contribution >= 0.6 is 0 Å². The highest BCUT2D eigenvalue weighted by Gasteiger charge is 2.14. The molecule has 97 valence electrons. The predicted molar refractivity (Wildman–Crippen MR) is 85.3 cm³/mol. The fraction of sp³-hybridized carbons (Fsp3) is 0.100.